The van der Waals surface area contributed by atoms with Gasteiger partial charge in [0.15, 0.2) is 6.61 Å². The molecule has 0 aliphatic carbocycles. The minimum atomic E-state index is -4.56. The van der Waals surface area contributed by atoms with Crippen LogP contribution in [0.4, 0.5) is 13.2 Å². The lowest BCUT2D eigenvalue weighted by Gasteiger charge is -2.31. The molecule has 0 amide bonds. The molecule has 0 atom stereocenters. The van der Waals surface area contributed by atoms with Crippen molar-refractivity contribution in [3.63, 3.8) is 0 Å². The molecule has 2 N–H and O–H groups in total. The molecule has 29 heavy (non-hydrogen) atoms. The van der Waals surface area contributed by atoms with Gasteiger partial charge in [-0.3, -0.25) is 9.98 Å². The lowest BCUT2D eigenvalue weighted by molar-refractivity contribution is -0.154. The van der Waals surface area contributed by atoms with E-state index in [4.69, 9.17) is 0 Å². The molecule has 1 fully saturated rings. The topological polar surface area (TPSA) is 95.8 Å². The van der Waals surface area contributed by atoms with Crippen LogP contribution in [0.5, 0.6) is 11.9 Å². The molecular weight excluding hydrogens is 389 g/mol. The molecule has 0 unspecified atom stereocenters. The van der Waals surface area contributed by atoms with Crippen molar-refractivity contribution in [2.45, 2.75) is 25.1 Å². The van der Waals surface area contributed by atoms with Gasteiger partial charge in [-0.05, 0) is 38.7 Å². The molecule has 0 radical (unpaired) electrons. The van der Waals surface area contributed by atoms with Crippen molar-refractivity contribution in [1.29, 1.82) is 0 Å². The van der Waals surface area contributed by atoms with Crippen molar-refractivity contribution in [1.82, 2.24) is 25.2 Å². The van der Waals surface area contributed by atoms with Crippen LogP contribution in [0.1, 0.15) is 18.5 Å². The summed E-state index contributed by atoms with van der Waals surface area (Å²) in [6.45, 7) is 3.82. The van der Waals surface area contributed by atoms with Gasteiger partial charge in [0.1, 0.15) is 16.9 Å². The van der Waals surface area contributed by atoms with E-state index in [1.165, 1.54) is 12.3 Å². The first-order valence-corrected chi connectivity index (χ1v) is 8.95. The molecule has 0 saturated carbocycles. The number of ether oxygens (including phenoxy) is 1. The fourth-order valence-corrected chi connectivity index (χ4v) is 3.11. The zero-order valence-electron chi connectivity index (χ0n) is 15.8. The molecule has 8 nitrogen and oxygen atoms in total. The summed E-state index contributed by atoms with van der Waals surface area (Å²) in [4.78, 5) is 17.9. The van der Waals surface area contributed by atoms with Crippen molar-refractivity contribution in [3.05, 3.63) is 24.2 Å². The Bertz CT molecular complexity index is 912. The van der Waals surface area contributed by atoms with E-state index in [1.807, 2.05) is 11.9 Å². The van der Waals surface area contributed by atoms with Crippen LogP contribution in [0.25, 0.3) is 16.6 Å². The van der Waals surface area contributed by atoms with E-state index in [0.717, 1.165) is 25.9 Å². The highest BCUT2D eigenvalue weighted by Gasteiger charge is 2.29. The Morgan fingerprint density at radius 2 is 2.14 bits per heavy atom. The van der Waals surface area contributed by atoms with Crippen molar-refractivity contribution < 1.29 is 23.0 Å². The van der Waals surface area contributed by atoms with Gasteiger partial charge in [-0.1, -0.05) is 0 Å². The zero-order chi connectivity index (χ0) is 21.0. The molecular formula is C18H21F3N6O2. The highest BCUT2D eigenvalue weighted by Crippen LogP contribution is 2.30. The summed E-state index contributed by atoms with van der Waals surface area (Å²) < 4.78 is 41.9. The number of nitrogens with zero attached hydrogens (tertiary/aromatic N) is 5. The van der Waals surface area contributed by atoms with Crippen molar-refractivity contribution in [3.8, 4) is 11.9 Å². The predicted octanol–water partition coefficient (Wildman–Crippen LogP) is 2.35. The fourth-order valence-electron chi connectivity index (χ4n) is 3.11. The molecule has 1 aliphatic heterocycles. The molecule has 156 valence electrons. The molecule has 0 aromatic carbocycles. The van der Waals surface area contributed by atoms with Gasteiger partial charge in [-0.15, -0.1) is 0 Å². The number of alkyl halides is 3. The van der Waals surface area contributed by atoms with E-state index in [9.17, 15) is 18.3 Å². The monoisotopic (exact) mass is 410 g/mol. The highest BCUT2D eigenvalue weighted by molar-refractivity contribution is 5.92. The summed E-state index contributed by atoms with van der Waals surface area (Å²) in [7, 11) is 1.91. The summed E-state index contributed by atoms with van der Waals surface area (Å²) in [5.41, 5.74) is 0.749. The van der Waals surface area contributed by atoms with Crippen LogP contribution in [0.2, 0.25) is 0 Å². The van der Waals surface area contributed by atoms with Gasteiger partial charge in [-0.2, -0.15) is 23.1 Å². The molecule has 3 rings (SSSR count). The van der Waals surface area contributed by atoms with E-state index in [1.54, 1.807) is 6.20 Å². The number of aromatic hydroxyl groups is 1. The Balaban J connectivity index is 1.98. The normalized spacial score (nSPS) is 16.1. The first-order chi connectivity index (χ1) is 13.8. The minimum absolute atomic E-state index is 0.120. The maximum atomic E-state index is 12.4. The molecule has 11 heteroatoms. The molecule has 2 aromatic rings. The number of fused-ring (bicyclic) bond motifs is 1. The van der Waals surface area contributed by atoms with Crippen LogP contribution in [-0.2, 0) is 0 Å². The second-order valence-corrected chi connectivity index (χ2v) is 6.61. The largest absolute Gasteiger partial charge is 0.493 e. The third-order valence-corrected chi connectivity index (χ3v) is 4.56. The molecule has 0 spiro atoms. The maximum absolute atomic E-state index is 12.4. The third-order valence-electron chi connectivity index (χ3n) is 4.56. The first-order valence-electron chi connectivity index (χ1n) is 8.95. The van der Waals surface area contributed by atoms with Gasteiger partial charge >= 0.3 is 12.2 Å². The number of hydrogen-bond donors (Lipinski definition) is 2. The zero-order valence-corrected chi connectivity index (χ0v) is 15.8. The van der Waals surface area contributed by atoms with Crippen molar-refractivity contribution >= 4 is 23.3 Å². The third kappa shape index (κ3) is 5.11. The average Bonchev–Trinajstić information content (AvgIpc) is 2.70. The number of nitrogens with one attached hydrogen (secondary N) is 1. The van der Waals surface area contributed by atoms with Crippen LogP contribution < -0.4 is 10.1 Å². The SMILES string of the molecule is C=N/C(=C\N(C)C1CCNCC1)c1nccc2c(O)nc(OCC(F)(F)F)nc12. The van der Waals surface area contributed by atoms with Gasteiger partial charge < -0.3 is 20.1 Å². The lowest BCUT2D eigenvalue weighted by Crippen LogP contribution is -2.38. The number of aromatic nitrogens is 3. The summed E-state index contributed by atoms with van der Waals surface area (Å²) in [6.07, 6.45) is 0.551. The first kappa shape index (κ1) is 20.8. The van der Waals surface area contributed by atoms with Crippen LogP contribution in [0, 0.1) is 0 Å². The van der Waals surface area contributed by atoms with E-state index >= 15 is 0 Å². The van der Waals surface area contributed by atoms with Crippen molar-refractivity contribution in [2.24, 2.45) is 4.99 Å². The van der Waals surface area contributed by atoms with E-state index in [-0.39, 0.29) is 16.6 Å². The van der Waals surface area contributed by atoms with E-state index in [0.29, 0.717) is 11.7 Å². The van der Waals surface area contributed by atoms with Crippen molar-refractivity contribution in [2.75, 3.05) is 26.7 Å². The Morgan fingerprint density at radius 3 is 2.79 bits per heavy atom. The molecule has 3 heterocycles. The predicted molar refractivity (Wildman–Crippen MR) is 102 cm³/mol. The van der Waals surface area contributed by atoms with Crippen LogP contribution in [-0.4, -0.2) is 70.6 Å². The van der Waals surface area contributed by atoms with Crippen LogP contribution in [0.3, 0.4) is 0 Å². The molecule has 0 bridgehead atoms. The quantitative estimate of drug-likeness (QED) is 0.706. The van der Waals surface area contributed by atoms with Gasteiger partial charge in [0, 0.05) is 25.5 Å². The van der Waals surface area contributed by atoms with Crippen LogP contribution >= 0.6 is 0 Å². The number of hydrogen-bond acceptors (Lipinski definition) is 8. The van der Waals surface area contributed by atoms with E-state index in [2.05, 4.69) is 36.7 Å². The average molecular weight is 410 g/mol. The number of aliphatic imine (C=N–C) groups is 1. The van der Waals surface area contributed by atoms with Gasteiger partial charge in [0.05, 0.1) is 5.39 Å². The number of halogens is 3. The number of piperidine rings is 1. The van der Waals surface area contributed by atoms with Gasteiger partial charge in [0.2, 0.25) is 5.88 Å². The maximum Gasteiger partial charge on any atom is 0.422 e. The lowest BCUT2D eigenvalue weighted by atomic mass is 10.1. The molecule has 2 aromatic heterocycles. The van der Waals surface area contributed by atoms with Gasteiger partial charge in [-0.25, -0.2) is 0 Å². The smallest absolute Gasteiger partial charge is 0.422 e. The number of rotatable bonds is 6. The highest BCUT2D eigenvalue weighted by atomic mass is 19.4. The summed E-state index contributed by atoms with van der Waals surface area (Å²) in [6, 6.07) is 1.16. The Labute approximate surface area is 165 Å². The minimum Gasteiger partial charge on any atom is -0.493 e. The fraction of sp³-hybridized carbons (Fsp3) is 0.444. The van der Waals surface area contributed by atoms with Gasteiger partial charge in [0.25, 0.3) is 0 Å². The summed E-state index contributed by atoms with van der Waals surface area (Å²) >= 11 is 0. The standard InChI is InChI=1S/C18H21F3N6O2/c1-22-13(9-27(2)11-3-6-23-7-4-11)15-14-12(5-8-24-15)16(28)26-17(25-14)29-10-18(19,20)21/h5,8-9,11,23H,1,3-4,6-7,10H2,2H3,(H,25,26,28)/b13-9-. The van der Waals surface area contributed by atoms with Crippen LogP contribution in [0.15, 0.2) is 23.5 Å². The summed E-state index contributed by atoms with van der Waals surface area (Å²) in [5.74, 6) is -0.508. The summed E-state index contributed by atoms with van der Waals surface area (Å²) in [5, 5.41) is 13.6. The number of pyridine rings is 1. The Hall–Kier alpha value is -2.95. The Kier molecular flexibility index (Phi) is 6.16. The molecule has 1 aliphatic rings. The Morgan fingerprint density at radius 1 is 1.41 bits per heavy atom. The second-order valence-electron chi connectivity index (χ2n) is 6.61. The molecule has 1 saturated heterocycles. The second kappa shape index (κ2) is 8.60. The van der Waals surface area contributed by atoms with E-state index < -0.39 is 24.7 Å².